The van der Waals surface area contributed by atoms with Crippen molar-refractivity contribution in [1.82, 2.24) is 0 Å². The maximum atomic E-state index is 11.7. The molecular weight excluding hydrogens is 252 g/mol. The summed E-state index contributed by atoms with van der Waals surface area (Å²) in [7, 11) is 3.50. The van der Waals surface area contributed by atoms with Crippen LogP contribution in [0.2, 0.25) is 0 Å². The lowest BCUT2D eigenvalue weighted by Crippen LogP contribution is -2.34. The molecule has 0 amide bonds. The minimum Gasteiger partial charge on any atom is -0.469 e. The van der Waals surface area contributed by atoms with Crippen molar-refractivity contribution in [3.05, 3.63) is 0 Å². The third kappa shape index (κ3) is 1.97. The first kappa shape index (κ1) is 13.8. The van der Waals surface area contributed by atoms with Gasteiger partial charge in [0.05, 0.1) is 27.8 Å². The molecule has 0 aromatic heterocycles. The van der Waals surface area contributed by atoms with Gasteiger partial charge in [0.1, 0.15) is 5.41 Å². The summed E-state index contributed by atoms with van der Waals surface area (Å²) < 4.78 is 13.6. The number of methoxy groups -OCH3 is 3. The predicted molar refractivity (Wildman–Crippen MR) is 56.3 cm³/mol. The molecule has 0 aliphatic heterocycles. The van der Waals surface area contributed by atoms with Crippen LogP contribution in [0, 0.1) is 5.41 Å². The molecule has 0 radical (unpaired) electrons. The van der Waals surface area contributed by atoms with Crippen molar-refractivity contribution < 1.29 is 28.6 Å². The van der Waals surface area contributed by atoms with E-state index in [2.05, 4.69) is 14.2 Å². The van der Waals surface area contributed by atoms with Gasteiger partial charge in [-0.15, -0.1) is 11.6 Å². The van der Waals surface area contributed by atoms with Gasteiger partial charge in [-0.3, -0.25) is 14.4 Å². The SMILES string of the molecule is COC(=O)CC1(C(=O)OC)CC1(Cl)C(=O)OC. The van der Waals surface area contributed by atoms with Crippen LogP contribution in [0.4, 0.5) is 0 Å². The molecular formula is C10H13ClO6. The van der Waals surface area contributed by atoms with Crippen molar-refractivity contribution in [2.75, 3.05) is 21.3 Å². The summed E-state index contributed by atoms with van der Waals surface area (Å²) in [5.41, 5.74) is -1.39. The average molecular weight is 265 g/mol. The molecule has 2 atom stereocenters. The molecule has 0 aromatic rings. The average Bonchev–Trinajstić information content (AvgIpc) is 2.94. The minimum absolute atomic E-state index is 0.00397. The van der Waals surface area contributed by atoms with E-state index in [1.165, 1.54) is 7.11 Å². The van der Waals surface area contributed by atoms with Gasteiger partial charge in [-0.05, 0) is 6.42 Å². The fraction of sp³-hybridized carbons (Fsp3) is 0.700. The predicted octanol–water partition coefficient (Wildman–Crippen LogP) is 0.263. The van der Waals surface area contributed by atoms with E-state index in [9.17, 15) is 14.4 Å². The number of hydrogen-bond donors (Lipinski definition) is 0. The van der Waals surface area contributed by atoms with Crippen LogP contribution < -0.4 is 0 Å². The first-order valence-electron chi connectivity index (χ1n) is 4.80. The van der Waals surface area contributed by atoms with E-state index in [4.69, 9.17) is 11.6 Å². The van der Waals surface area contributed by atoms with E-state index in [-0.39, 0.29) is 12.8 Å². The number of hydrogen-bond acceptors (Lipinski definition) is 6. The normalized spacial score (nSPS) is 30.4. The number of carbonyl (C=O) groups is 3. The van der Waals surface area contributed by atoms with Gasteiger partial charge in [0.15, 0.2) is 4.87 Å². The van der Waals surface area contributed by atoms with E-state index >= 15 is 0 Å². The second kappa shape index (κ2) is 4.52. The number of halogens is 1. The van der Waals surface area contributed by atoms with Gasteiger partial charge < -0.3 is 14.2 Å². The molecule has 0 N–H and O–H groups in total. The smallest absolute Gasteiger partial charge is 0.328 e. The van der Waals surface area contributed by atoms with Crippen LogP contribution in [-0.2, 0) is 28.6 Å². The van der Waals surface area contributed by atoms with Crippen LogP contribution in [-0.4, -0.2) is 44.1 Å². The van der Waals surface area contributed by atoms with Gasteiger partial charge in [-0.2, -0.15) is 0 Å². The summed E-state index contributed by atoms with van der Waals surface area (Å²) in [5.74, 6) is -2.11. The molecule has 0 heterocycles. The number of ether oxygens (including phenoxy) is 3. The lowest BCUT2D eigenvalue weighted by molar-refractivity contribution is -0.156. The second-order valence-electron chi connectivity index (χ2n) is 3.80. The zero-order valence-corrected chi connectivity index (χ0v) is 10.5. The Morgan fingerprint density at radius 1 is 1.06 bits per heavy atom. The molecule has 1 aliphatic carbocycles. The monoisotopic (exact) mass is 264 g/mol. The van der Waals surface area contributed by atoms with Crippen molar-refractivity contribution in [3.8, 4) is 0 Å². The third-order valence-electron chi connectivity index (χ3n) is 2.94. The number of carbonyl (C=O) groups excluding carboxylic acids is 3. The first-order chi connectivity index (χ1) is 7.87. The van der Waals surface area contributed by atoms with Crippen LogP contribution in [0.25, 0.3) is 0 Å². The molecule has 1 aliphatic rings. The van der Waals surface area contributed by atoms with E-state index in [1.807, 2.05) is 0 Å². The highest BCUT2D eigenvalue weighted by Crippen LogP contribution is 2.64. The van der Waals surface area contributed by atoms with Crippen molar-refractivity contribution in [1.29, 1.82) is 0 Å². The van der Waals surface area contributed by atoms with Crippen LogP contribution in [0.3, 0.4) is 0 Å². The molecule has 0 aromatic carbocycles. The number of rotatable bonds is 4. The van der Waals surface area contributed by atoms with Crippen molar-refractivity contribution in [2.45, 2.75) is 17.7 Å². The van der Waals surface area contributed by atoms with Crippen LogP contribution in [0.1, 0.15) is 12.8 Å². The highest BCUT2D eigenvalue weighted by Gasteiger charge is 2.78. The lowest BCUT2D eigenvalue weighted by Gasteiger charge is -2.16. The van der Waals surface area contributed by atoms with Gasteiger partial charge in [0.2, 0.25) is 0 Å². The topological polar surface area (TPSA) is 78.9 Å². The maximum absolute atomic E-state index is 11.7. The molecule has 96 valence electrons. The molecule has 1 rings (SSSR count). The van der Waals surface area contributed by atoms with Gasteiger partial charge in [-0.1, -0.05) is 0 Å². The van der Waals surface area contributed by atoms with Crippen LogP contribution >= 0.6 is 11.6 Å². The Morgan fingerprint density at radius 3 is 2.00 bits per heavy atom. The summed E-state index contributed by atoms with van der Waals surface area (Å²) in [4.78, 5) is 32.9. The fourth-order valence-electron chi connectivity index (χ4n) is 1.82. The third-order valence-corrected chi connectivity index (χ3v) is 3.59. The van der Waals surface area contributed by atoms with Crippen LogP contribution in [0.15, 0.2) is 0 Å². The molecule has 0 bridgehead atoms. The number of alkyl halides is 1. The summed E-state index contributed by atoms with van der Waals surface area (Å²) in [5, 5.41) is 0. The van der Waals surface area contributed by atoms with E-state index in [0.717, 1.165) is 14.2 Å². The Hall–Kier alpha value is -1.30. The maximum Gasteiger partial charge on any atom is 0.328 e. The molecule has 0 spiro atoms. The Bertz CT molecular complexity index is 368. The molecule has 0 saturated heterocycles. The van der Waals surface area contributed by atoms with Gasteiger partial charge in [-0.25, -0.2) is 0 Å². The minimum atomic E-state index is -1.54. The Balaban J connectivity index is 2.97. The zero-order valence-electron chi connectivity index (χ0n) is 9.74. The van der Waals surface area contributed by atoms with E-state index in [1.54, 1.807) is 0 Å². The molecule has 6 nitrogen and oxygen atoms in total. The molecule has 1 saturated carbocycles. The van der Waals surface area contributed by atoms with E-state index < -0.39 is 28.2 Å². The van der Waals surface area contributed by atoms with Crippen molar-refractivity contribution in [3.63, 3.8) is 0 Å². The van der Waals surface area contributed by atoms with E-state index in [0.29, 0.717) is 0 Å². The summed E-state index contributed by atoms with van der Waals surface area (Å²) in [6.45, 7) is 0. The van der Waals surface area contributed by atoms with Crippen molar-refractivity contribution >= 4 is 29.5 Å². The number of esters is 3. The summed E-state index contributed by atoms with van der Waals surface area (Å²) in [6, 6.07) is 0. The highest BCUT2D eigenvalue weighted by molar-refractivity contribution is 6.39. The largest absolute Gasteiger partial charge is 0.469 e. The lowest BCUT2D eigenvalue weighted by atomic mass is 9.99. The Kier molecular flexibility index (Phi) is 3.66. The fourth-order valence-corrected chi connectivity index (χ4v) is 2.27. The second-order valence-corrected chi connectivity index (χ2v) is 4.44. The zero-order chi connectivity index (χ0) is 13.3. The summed E-state index contributed by atoms with van der Waals surface area (Å²) in [6.07, 6.45) is -0.315. The van der Waals surface area contributed by atoms with Gasteiger partial charge >= 0.3 is 17.9 Å². The van der Waals surface area contributed by atoms with Gasteiger partial charge in [0, 0.05) is 0 Å². The molecule has 1 fully saturated rings. The highest BCUT2D eigenvalue weighted by atomic mass is 35.5. The Labute approximate surface area is 103 Å². The quantitative estimate of drug-likeness (QED) is 0.412. The van der Waals surface area contributed by atoms with Gasteiger partial charge in [0.25, 0.3) is 0 Å². The molecule has 17 heavy (non-hydrogen) atoms. The first-order valence-corrected chi connectivity index (χ1v) is 5.18. The standard InChI is InChI=1S/C10H13ClO6/c1-15-6(12)4-9(7(13)16-2)5-10(9,11)8(14)17-3/h4-5H2,1-3H3. The van der Waals surface area contributed by atoms with Crippen LogP contribution in [0.5, 0.6) is 0 Å². The van der Waals surface area contributed by atoms with Crippen molar-refractivity contribution in [2.24, 2.45) is 5.41 Å². The Morgan fingerprint density at radius 2 is 1.59 bits per heavy atom. The molecule has 7 heteroatoms. The molecule has 2 unspecified atom stereocenters. The summed E-state index contributed by atoms with van der Waals surface area (Å²) >= 11 is 6.01.